The normalized spacial score (nSPS) is 11.5. The summed E-state index contributed by atoms with van der Waals surface area (Å²) in [4.78, 5) is 37.1. The molecular weight excluding hydrogens is 324 g/mol. The molecule has 0 saturated carbocycles. The number of carbonyl (C=O) groups is 3. The minimum Gasteiger partial charge on any atom is -0.466 e. The van der Waals surface area contributed by atoms with Crippen LogP contribution in [0.15, 0.2) is 24.3 Å². The zero-order valence-corrected chi connectivity index (χ0v) is 14.9. The van der Waals surface area contributed by atoms with Crippen LogP contribution in [0.3, 0.4) is 0 Å². The molecular formula is C18H26N2O5. The number of anilines is 1. The van der Waals surface area contributed by atoms with Crippen LogP contribution in [0.5, 0.6) is 0 Å². The fourth-order valence-electron chi connectivity index (χ4n) is 2.44. The number of benzene rings is 1. The van der Waals surface area contributed by atoms with E-state index < -0.39 is 6.04 Å². The first-order valence-electron chi connectivity index (χ1n) is 8.38. The van der Waals surface area contributed by atoms with Crippen molar-refractivity contribution in [2.45, 2.75) is 39.7 Å². The highest BCUT2D eigenvalue weighted by Gasteiger charge is 2.24. The smallest absolute Gasteiger partial charge is 0.307 e. The number of nitrogens with one attached hydrogen (secondary N) is 1. The van der Waals surface area contributed by atoms with Gasteiger partial charge >= 0.3 is 5.97 Å². The Morgan fingerprint density at radius 1 is 1.28 bits per heavy atom. The van der Waals surface area contributed by atoms with Gasteiger partial charge in [0.2, 0.25) is 5.91 Å². The monoisotopic (exact) mass is 350 g/mol. The van der Waals surface area contributed by atoms with E-state index in [1.807, 2.05) is 6.92 Å². The molecule has 0 aromatic heterocycles. The van der Waals surface area contributed by atoms with Crippen LogP contribution in [0, 0.1) is 0 Å². The van der Waals surface area contributed by atoms with E-state index in [1.165, 1.54) is 11.8 Å². The molecule has 0 bridgehead atoms. The lowest BCUT2D eigenvalue weighted by atomic mass is 10.1. The molecule has 0 fully saturated rings. The Kier molecular flexibility index (Phi) is 8.63. The van der Waals surface area contributed by atoms with Gasteiger partial charge in [-0.3, -0.25) is 14.4 Å². The van der Waals surface area contributed by atoms with Crippen LogP contribution < -0.4 is 5.32 Å². The molecule has 2 N–H and O–H groups in total. The van der Waals surface area contributed by atoms with Crippen molar-refractivity contribution in [3.8, 4) is 0 Å². The molecule has 2 amide bonds. The molecule has 7 nitrogen and oxygen atoms in total. The average Bonchev–Trinajstić information content (AvgIpc) is 2.58. The minimum absolute atomic E-state index is 0.0570. The van der Waals surface area contributed by atoms with E-state index in [1.54, 1.807) is 31.2 Å². The molecule has 0 heterocycles. The maximum atomic E-state index is 12.9. The maximum Gasteiger partial charge on any atom is 0.307 e. The van der Waals surface area contributed by atoms with Gasteiger partial charge in [0, 0.05) is 24.7 Å². The van der Waals surface area contributed by atoms with Crippen molar-refractivity contribution in [2.24, 2.45) is 0 Å². The number of carbonyl (C=O) groups excluding carboxylic acids is 3. The van der Waals surface area contributed by atoms with E-state index in [9.17, 15) is 19.5 Å². The molecule has 0 aliphatic rings. The van der Waals surface area contributed by atoms with Gasteiger partial charge in [0.15, 0.2) is 0 Å². The van der Waals surface area contributed by atoms with Gasteiger partial charge in [-0.1, -0.05) is 13.0 Å². The van der Waals surface area contributed by atoms with Crippen LogP contribution in [0.4, 0.5) is 5.69 Å². The lowest BCUT2D eigenvalue weighted by Crippen LogP contribution is -2.43. The summed E-state index contributed by atoms with van der Waals surface area (Å²) in [6, 6.07) is 6.17. The predicted molar refractivity (Wildman–Crippen MR) is 94.2 cm³/mol. The standard InChI is InChI=1S/C18H26N2O5/c1-4-16(12-21)20(10-9-17(23)25-5-2)18(24)14-7-6-8-15(11-14)19-13(3)22/h6-8,11,16,21H,4-5,9-10,12H2,1-3H3,(H,19,22). The van der Waals surface area contributed by atoms with Crippen molar-refractivity contribution in [1.29, 1.82) is 0 Å². The van der Waals surface area contributed by atoms with Crippen molar-refractivity contribution in [1.82, 2.24) is 4.90 Å². The summed E-state index contributed by atoms with van der Waals surface area (Å²) in [5.41, 5.74) is 0.891. The molecule has 0 saturated heterocycles. The summed E-state index contributed by atoms with van der Waals surface area (Å²) in [6.45, 7) is 5.20. The molecule has 0 radical (unpaired) electrons. The van der Waals surface area contributed by atoms with Crippen molar-refractivity contribution < 1.29 is 24.2 Å². The van der Waals surface area contributed by atoms with Crippen LogP contribution in [0.1, 0.15) is 44.0 Å². The maximum absolute atomic E-state index is 12.9. The van der Waals surface area contributed by atoms with Gasteiger partial charge in [-0.15, -0.1) is 0 Å². The first kappa shape index (κ1) is 20.6. The fraction of sp³-hybridized carbons (Fsp3) is 0.500. The Labute approximate surface area is 148 Å². The molecule has 138 valence electrons. The third kappa shape index (κ3) is 6.54. The van der Waals surface area contributed by atoms with Gasteiger partial charge in [-0.05, 0) is 31.5 Å². The molecule has 0 spiro atoms. The number of esters is 1. The van der Waals surface area contributed by atoms with Crippen molar-refractivity contribution in [3.63, 3.8) is 0 Å². The summed E-state index contributed by atoms with van der Waals surface area (Å²) < 4.78 is 4.90. The number of hydrogen-bond donors (Lipinski definition) is 2. The van der Waals surface area contributed by atoms with E-state index >= 15 is 0 Å². The number of hydrogen-bond acceptors (Lipinski definition) is 5. The van der Waals surface area contributed by atoms with Gasteiger partial charge < -0.3 is 20.1 Å². The summed E-state index contributed by atoms with van der Waals surface area (Å²) in [5.74, 6) is -0.928. The van der Waals surface area contributed by atoms with Crippen LogP contribution in [0.2, 0.25) is 0 Å². The fourth-order valence-corrected chi connectivity index (χ4v) is 2.44. The van der Waals surface area contributed by atoms with Crippen LogP contribution >= 0.6 is 0 Å². The Balaban J connectivity index is 2.98. The largest absolute Gasteiger partial charge is 0.466 e. The van der Waals surface area contributed by atoms with E-state index in [0.29, 0.717) is 17.7 Å². The molecule has 1 aromatic rings. The van der Waals surface area contributed by atoms with Crippen molar-refractivity contribution >= 4 is 23.5 Å². The lowest BCUT2D eigenvalue weighted by molar-refractivity contribution is -0.143. The van der Waals surface area contributed by atoms with Crippen molar-refractivity contribution in [3.05, 3.63) is 29.8 Å². The highest BCUT2D eigenvalue weighted by Crippen LogP contribution is 2.16. The third-order valence-corrected chi connectivity index (χ3v) is 3.68. The Morgan fingerprint density at radius 2 is 2.00 bits per heavy atom. The van der Waals surface area contributed by atoms with E-state index in [0.717, 1.165) is 0 Å². The average molecular weight is 350 g/mol. The van der Waals surface area contributed by atoms with Crippen molar-refractivity contribution in [2.75, 3.05) is 25.1 Å². The highest BCUT2D eigenvalue weighted by atomic mass is 16.5. The van der Waals surface area contributed by atoms with Gasteiger partial charge in [0.05, 0.1) is 25.7 Å². The van der Waals surface area contributed by atoms with Gasteiger partial charge in [-0.2, -0.15) is 0 Å². The van der Waals surface area contributed by atoms with Crippen LogP contribution in [0.25, 0.3) is 0 Å². The Hall–Kier alpha value is -2.41. The number of amides is 2. The number of aliphatic hydroxyl groups excluding tert-OH is 1. The Morgan fingerprint density at radius 3 is 2.56 bits per heavy atom. The lowest BCUT2D eigenvalue weighted by Gasteiger charge is -2.30. The molecule has 1 aromatic carbocycles. The summed E-state index contributed by atoms with van der Waals surface area (Å²) in [7, 11) is 0. The third-order valence-electron chi connectivity index (χ3n) is 3.68. The van der Waals surface area contributed by atoms with E-state index in [4.69, 9.17) is 4.74 Å². The molecule has 1 rings (SSSR count). The zero-order valence-electron chi connectivity index (χ0n) is 14.9. The molecule has 0 aliphatic carbocycles. The number of ether oxygens (including phenoxy) is 1. The molecule has 25 heavy (non-hydrogen) atoms. The topological polar surface area (TPSA) is 95.9 Å². The van der Waals surface area contributed by atoms with Gasteiger partial charge in [0.1, 0.15) is 0 Å². The van der Waals surface area contributed by atoms with Gasteiger partial charge in [-0.25, -0.2) is 0 Å². The second-order valence-electron chi connectivity index (χ2n) is 5.56. The molecule has 1 atom stereocenters. The summed E-state index contributed by atoms with van der Waals surface area (Å²) in [6.07, 6.45) is 0.609. The highest BCUT2D eigenvalue weighted by molar-refractivity contribution is 5.97. The summed E-state index contributed by atoms with van der Waals surface area (Å²) >= 11 is 0. The van der Waals surface area contributed by atoms with Crippen LogP contribution in [-0.4, -0.2) is 53.6 Å². The minimum atomic E-state index is -0.397. The molecule has 0 aliphatic heterocycles. The number of nitrogens with zero attached hydrogens (tertiary/aromatic N) is 1. The molecule has 7 heteroatoms. The first-order chi connectivity index (χ1) is 11.9. The second kappa shape index (κ2) is 10.5. The summed E-state index contributed by atoms with van der Waals surface area (Å²) in [5, 5.41) is 12.2. The SMILES string of the molecule is CCOC(=O)CCN(C(=O)c1cccc(NC(C)=O)c1)C(CC)CO. The van der Waals surface area contributed by atoms with E-state index in [2.05, 4.69) is 5.32 Å². The zero-order chi connectivity index (χ0) is 18.8. The molecule has 1 unspecified atom stereocenters. The second-order valence-corrected chi connectivity index (χ2v) is 5.56. The number of rotatable bonds is 9. The predicted octanol–water partition coefficient (Wildman–Crippen LogP) is 1.81. The quantitative estimate of drug-likeness (QED) is 0.662. The first-order valence-corrected chi connectivity index (χ1v) is 8.38. The Bertz CT molecular complexity index is 599. The van der Waals surface area contributed by atoms with Gasteiger partial charge in [0.25, 0.3) is 5.91 Å². The van der Waals surface area contributed by atoms with E-state index in [-0.39, 0.29) is 44.0 Å². The van der Waals surface area contributed by atoms with Crippen LogP contribution in [-0.2, 0) is 14.3 Å². The number of aliphatic hydroxyl groups is 1.